The molecule has 0 spiro atoms. The molecular formula is C17H25N3O2. The lowest BCUT2D eigenvalue weighted by molar-refractivity contribution is 0.0903. The minimum Gasteiger partial charge on any atom is -0.381 e. The summed E-state index contributed by atoms with van der Waals surface area (Å²) in [5.74, 6) is 0.694. The van der Waals surface area contributed by atoms with E-state index in [0.29, 0.717) is 11.5 Å². The number of carbonyl (C=O) groups excluding carboxylic acids is 1. The molecule has 0 saturated carbocycles. The second-order valence-corrected chi connectivity index (χ2v) is 6.47. The Kier molecular flexibility index (Phi) is 5.05. The Hall–Kier alpha value is -1.46. The van der Waals surface area contributed by atoms with Crippen molar-refractivity contribution in [2.24, 2.45) is 5.92 Å². The Labute approximate surface area is 132 Å². The maximum absolute atomic E-state index is 12.2. The molecule has 5 heteroatoms. The maximum atomic E-state index is 12.2. The summed E-state index contributed by atoms with van der Waals surface area (Å²) < 4.78 is 5.44. The number of aryl methyl sites for hydroxylation is 1. The normalized spacial score (nSPS) is 23.6. The van der Waals surface area contributed by atoms with Gasteiger partial charge in [0.15, 0.2) is 0 Å². The second kappa shape index (κ2) is 7.20. The molecule has 22 heavy (non-hydrogen) atoms. The van der Waals surface area contributed by atoms with E-state index in [9.17, 15) is 4.79 Å². The van der Waals surface area contributed by atoms with Crippen molar-refractivity contribution in [1.29, 1.82) is 0 Å². The summed E-state index contributed by atoms with van der Waals surface area (Å²) in [5.41, 5.74) is 1.58. The molecule has 0 aliphatic carbocycles. The van der Waals surface area contributed by atoms with Gasteiger partial charge in [-0.2, -0.15) is 0 Å². The molecule has 1 N–H and O–H groups in total. The van der Waals surface area contributed by atoms with Crippen LogP contribution < -0.4 is 5.32 Å². The van der Waals surface area contributed by atoms with Crippen LogP contribution in [0, 0.1) is 12.8 Å². The number of ether oxygens (including phenoxy) is 1. The second-order valence-electron chi connectivity index (χ2n) is 6.47. The quantitative estimate of drug-likeness (QED) is 0.918. The van der Waals surface area contributed by atoms with E-state index in [1.54, 1.807) is 6.20 Å². The number of aromatic nitrogens is 1. The van der Waals surface area contributed by atoms with E-state index >= 15 is 0 Å². The van der Waals surface area contributed by atoms with E-state index in [2.05, 4.69) is 15.2 Å². The number of rotatable bonds is 4. The number of carbonyl (C=O) groups is 1. The lowest BCUT2D eigenvalue weighted by atomic mass is 10.0. The third kappa shape index (κ3) is 4.05. The molecule has 5 nitrogen and oxygen atoms in total. The molecule has 1 unspecified atom stereocenters. The number of piperidine rings is 1. The molecule has 2 saturated heterocycles. The maximum Gasteiger partial charge on any atom is 0.253 e. The molecule has 1 amide bonds. The predicted molar refractivity (Wildman–Crippen MR) is 84.8 cm³/mol. The van der Waals surface area contributed by atoms with Crippen molar-refractivity contribution >= 4 is 5.91 Å². The largest absolute Gasteiger partial charge is 0.381 e. The van der Waals surface area contributed by atoms with E-state index in [1.165, 1.54) is 6.42 Å². The summed E-state index contributed by atoms with van der Waals surface area (Å²) in [4.78, 5) is 18.9. The lowest BCUT2D eigenvalue weighted by Gasteiger charge is -2.33. The van der Waals surface area contributed by atoms with Crippen LogP contribution in [0.25, 0.3) is 0 Å². The average Bonchev–Trinajstić information content (AvgIpc) is 3.03. The number of hydrogen-bond donors (Lipinski definition) is 1. The van der Waals surface area contributed by atoms with E-state index in [1.807, 2.05) is 19.1 Å². The highest BCUT2D eigenvalue weighted by Gasteiger charge is 2.24. The first-order valence-corrected chi connectivity index (χ1v) is 8.24. The van der Waals surface area contributed by atoms with Crippen LogP contribution in [0.1, 0.15) is 35.3 Å². The third-order valence-electron chi connectivity index (χ3n) is 4.64. The highest BCUT2D eigenvalue weighted by Crippen LogP contribution is 2.18. The number of pyridine rings is 1. The highest BCUT2D eigenvalue weighted by molar-refractivity contribution is 5.94. The van der Waals surface area contributed by atoms with Crippen LogP contribution >= 0.6 is 0 Å². The molecule has 1 aromatic rings. The monoisotopic (exact) mass is 303 g/mol. The van der Waals surface area contributed by atoms with Gasteiger partial charge in [0.05, 0.1) is 12.2 Å². The first-order valence-electron chi connectivity index (χ1n) is 8.24. The van der Waals surface area contributed by atoms with E-state index in [4.69, 9.17) is 4.74 Å². The van der Waals surface area contributed by atoms with Gasteiger partial charge in [-0.3, -0.25) is 9.78 Å². The number of nitrogens with zero attached hydrogens (tertiary/aromatic N) is 2. The molecule has 2 aliphatic rings. The van der Waals surface area contributed by atoms with E-state index in [0.717, 1.165) is 51.4 Å². The van der Waals surface area contributed by atoms with E-state index < -0.39 is 0 Å². The van der Waals surface area contributed by atoms with Gasteiger partial charge in [-0.15, -0.1) is 0 Å². The average molecular weight is 303 g/mol. The molecule has 1 aromatic heterocycles. The van der Waals surface area contributed by atoms with Crippen molar-refractivity contribution < 1.29 is 9.53 Å². The highest BCUT2D eigenvalue weighted by atomic mass is 16.5. The molecule has 2 aliphatic heterocycles. The first kappa shape index (κ1) is 15.4. The molecule has 1 atom stereocenters. The zero-order valence-electron chi connectivity index (χ0n) is 13.3. The molecule has 0 bridgehead atoms. The minimum atomic E-state index is -0.00450. The van der Waals surface area contributed by atoms with Gasteiger partial charge < -0.3 is 15.0 Å². The Morgan fingerprint density at radius 2 is 2.18 bits per heavy atom. The van der Waals surface area contributed by atoms with Crippen molar-refractivity contribution in [1.82, 2.24) is 15.2 Å². The molecule has 3 rings (SSSR count). The zero-order valence-corrected chi connectivity index (χ0v) is 13.3. The van der Waals surface area contributed by atoms with Gasteiger partial charge in [-0.25, -0.2) is 0 Å². The van der Waals surface area contributed by atoms with Crippen LogP contribution in [-0.4, -0.2) is 54.7 Å². The van der Waals surface area contributed by atoms with Gasteiger partial charge in [0.1, 0.15) is 0 Å². The Balaban J connectivity index is 1.43. The summed E-state index contributed by atoms with van der Waals surface area (Å²) in [7, 11) is 0. The molecule has 0 aromatic carbocycles. The molecule has 3 heterocycles. The fourth-order valence-electron chi connectivity index (χ4n) is 3.22. The standard InChI is InChI=1S/C17H25N3O2/c1-13-2-3-15(10-18-13)17(21)19-16-4-7-20(8-5-16)11-14-6-9-22-12-14/h2-3,10,14,16H,4-9,11-12H2,1H3,(H,19,21). The van der Waals surface area contributed by atoms with Gasteiger partial charge >= 0.3 is 0 Å². The molecule has 0 radical (unpaired) electrons. The summed E-state index contributed by atoms with van der Waals surface area (Å²) >= 11 is 0. The summed E-state index contributed by atoms with van der Waals surface area (Å²) in [5, 5.41) is 3.14. The third-order valence-corrected chi connectivity index (χ3v) is 4.64. The van der Waals surface area contributed by atoms with Gasteiger partial charge in [-0.1, -0.05) is 0 Å². The molecule has 2 fully saturated rings. The Bertz CT molecular complexity index is 489. The van der Waals surface area contributed by atoms with Crippen LogP contribution in [0.15, 0.2) is 18.3 Å². The number of likely N-dealkylation sites (tertiary alicyclic amines) is 1. The summed E-state index contributed by atoms with van der Waals surface area (Å²) in [6, 6.07) is 4.00. The van der Waals surface area contributed by atoms with Crippen molar-refractivity contribution in [2.45, 2.75) is 32.2 Å². The van der Waals surface area contributed by atoms with Gasteiger partial charge in [0.25, 0.3) is 5.91 Å². The smallest absolute Gasteiger partial charge is 0.253 e. The van der Waals surface area contributed by atoms with Crippen molar-refractivity contribution in [2.75, 3.05) is 32.8 Å². The van der Waals surface area contributed by atoms with Crippen molar-refractivity contribution in [3.8, 4) is 0 Å². The first-order chi connectivity index (χ1) is 10.7. The van der Waals surface area contributed by atoms with Crippen LogP contribution in [0.5, 0.6) is 0 Å². The lowest BCUT2D eigenvalue weighted by Crippen LogP contribution is -2.45. The number of nitrogens with one attached hydrogen (secondary N) is 1. The number of hydrogen-bond acceptors (Lipinski definition) is 4. The SMILES string of the molecule is Cc1ccc(C(=O)NC2CCN(CC3CCOC3)CC2)cn1. The fraction of sp³-hybridized carbons (Fsp3) is 0.647. The fourth-order valence-corrected chi connectivity index (χ4v) is 3.22. The zero-order chi connectivity index (χ0) is 15.4. The van der Waals surface area contributed by atoms with Crippen molar-refractivity contribution in [3.63, 3.8) is 0 Å². The van der Waals surface area contributed by atoms with Crippen LogP contribution in [0.2, 0.25) is 0 Å². The topological polar surface area (TPSA) is 54.5 Å². The predicted octanol–water partition coefficient (Wildman–Crippen LogP) is 1.62. The minimum absolute atomic E-state index is 0.00450. The number of amides is 1. The van der Waals surface area contributed by atoms with Crippen LogP contribution in [0.4, 0.5) is 0 Å². The van der Waals surface area contributed by atoms with Crippen LogP contribution in [0.3, 0.4) is 0 Å². The van der Waals surface area contributed by atoms with Crippen LogP contribution in [-0.2, 0) is 4.74 Å². The van der Waals surface area contributed by atoms with E-state index in [-0.39, 0.29) is 11.9 Å². The Morgan fingerprint density at radius 3 is 2.82 bits per heavy atom. The summed E-state index contributed by atoms with van der Waals surface area (Å²) in [6.45, 7) is 7.02. The van der Waals surface area contributed by atoms with Gasteiger partial charge in [0.2, 0.25) is 0 Å². The van der Waals surface area contributed by atoms with Gasteiger partial charge in [0, 0.05) is 44.2 Å². The molecule has 120 valence electrons. The van der Waals surface area contributed by atoms with Crippen molar-refractivity contribution in [3.05, 3.63) is 29.6 Å². The van der Waals surface area contributed by atoms with Gasteiger partial charge in [-0.05, 0) is 44.2 Å². The molecular weight excluding hydrogens is 278 g/mol. The Morgan fingerprint density at radius 1 is 1.36 bits per heavy atom. The summed E-state index contributed by atoms with van der Waals surface area (Å²) in [6.07, 6.45) is 4.90.